The predicted molar refractivity (Wildman–Crippen MR) is 85.2 cm³/mol. The van der Waals surface area contributed by atoms with Gasteiger partial charge in [0.1, 0.15) is 0 Å². The second kappa shape index (κ2) is 10.4. The Balaban J connectivity index is 0.00000361. The number of nitrogens with one attached hydrogen (secondary N) is 1. The number of carbonyl (C=O) groups excluding carboxylic acids is 1. The van der Waals surface area contributed by atoms with Gasteiger partial charge in [0.05, 0.1) is 11.6 Å². The van der Waals surface area contributed by atoms with Gasteiger partial charge in [-0.05, 0) is 32.6 Å². The molecule has 5 heteroatoms. The molecule has 4 nitrogen and oxygen atoms in total. The molecule has 3 N–H and O–H groups in total. The van der Waals surface area contributed by atoms with Gasteiger partial charge in [0.25, 0.3) is 0 Å². The summed E-state index contributed by atoms with van der Waals surface area (Å²) in [4.78, 5) is 11.8. The van der Waals surface area contributed by atoms with Gasteiger partial charge in [-0.25, -0.2) is 0 Å². The van der Waals surface area contributed by atoms with E-state index in [4.69, 9.17) is 10.5 Å². The molecule has 1 atom stereocenters. The Morgan fingerprint density at radius 1 is 1.35 bits per heavy atom. The topological polar surface area (TPSA) is 64.4 Å². The van der Waals surface area contributed by atoms with Crippen molar-refractivity contribution in [3.05, 3.63) is 0 Å². The Morgan fingerprint density at radius 2 is 2.00 bits per heavy atom. The summed E-state index contributed by atoms with van der Waals surface area (Å²) in [5, 5.41) is 2.90. The van der Waals surface area contributed by atoms with Crippen LogP contribution in [0.15, 0.2) is 0 Å². The summed E-state index contributed by atoms with van der Waals surface area (Å²) in [5.41, 5.74) is 5.22. The van der Waals surface area contributed by atoms with Gasteiger partial charge in [-0.2, -0.15) is 0 Å². The molecule has 1 amide bonds. The molecule has 1 rings (SSSR count). The van der Waals surface area contributed by atoms with Crippen LogP contribution in [-0.4, -0.2) is 30.7 Å². The largest absolute Gasteiger partial charge is 0.378 e. The summed E-state index contributed by atoms with van der Waals surface area (Å²) in [5.74, 6) is -0.0491. The fourth-order valence-corrected chi connectivity index (χ4v) is 2.59. The van der Waals surface area contributed by atoms with Crippen molar-refractivity contribution in [3.8, 4) is 0 Å². The van der Waals surface area contributed by atoms with Crippen LogP contribution >= 0.6 is 12.4 Å². The van der Waals surface area contributed by atoms with Crippen LogP contribution < -0.4 is 11.1 Å². The van der Waals surface area contributed by atoms with E-state index in [1.807, 2.05) is 6.92 Å². The first-order valence-corrected chi connectivity index (χ1v) is 7.75. The molecule has 20 heavy (non-hydrogen) atoms. The Bertz CT molecular complexity index is 267. The summed E-state index contributed by atoms with van der Waals surface area (Å²) >= 11 is 0. The highest BCUT2D eigenvalue weighted by atomic mass is 35.5. The summed E-state index contributed by atoms with van der Waals surface area (Å²) < 4.78 is 5.82. The van der Waals surface area contributed by atoms with Crippen LogP contribution in [0.2, 0.25) is 0 Å². The first kappa shape index (κ1) is 19.7. The van der Waals surface area contributed by atoms with E-state index < -0.39 is 5.54 Å². The van der Waals surface area contributed by atoms with E-state index in [9.17, 15) is 4.79 Å². The minimum atomic E-state index is -0.737. The highest BCUT2D eigenvalue weighted by Crippen LogP contribution is 2.20. The van der Waals surface area contributed by atoms with Crippen molar-refractivity contribution >= 4 is 18.3 Å². The first-order chi connectivity index (χ1) is 9.06. The van der Waals surface area contributed by atoms with Crippen LogP contribution in [0.3, 0.4) is 0 Å². The number of rotatable bonds is 8. The zero-order valence-corrected chi connectivity index (χ0v) is 13.8. The quantitative estimate of drug-likeness (QED) is 0.678. The van der Waals surface area contributed by atoms with E-state index in [1.165, 1.54) is 32.1 Å². The van der Waals surface area contributed by atoms with E-state index in [-0.39, 0.29) is 18.3 Å². The van der Waals surface area contributed by atoms with Crippen LogP contribution in [0.1, 0.15) is 65.2 Å². The van der Waals surface area contributed by atoms with Crippen molar-refractivity contribution in [2.45, 2.75) is 76.9 Å². The summed E-state index contributed by atoms with van der Waals surface area (Å²) in [6.45, 7) is 5.23. The number of amides is 1. The fraction of sp³-hybridized carbons (Fsp3) is 0.933. The lowest BCUT2D eigenvalue weighted by Gasteiger charge is -2.23. The summed E-state index contributed by atoms with van der Waals surface area (Å²) in [6, 6.07) is 0. The van der Waals surface area contributed by atoms with Gasteiger partial charge in [-0.3, -0.25) is 4.79 Å². The number of nitrogens with two attached hydrogens (primary N) is 1. The molecule has 0 aromatic rings. The average Bonchev–Trinajstić information content (AvgIpc) is 2.39. The van der Waals surface area contributed by atoms with Crippen molar-refractivity contribution in [1.29, 1.82) is 0 Å². The summed E-state index contributed by atoms with van der Waals surface area (Å²) in [6.07, 6.45) is 9.29. The van der Waals surface area contributed by atoms with Gasteiger partial charge >= 0.3 is 0 Å². The molecule has 0 aromatic heterocycles. The van der Waals surface area contributed by atoms with Crippen molar-refractivity contribution in [3.63, 3.8) is 0 Å². The lowest BCUT2D eigenvalue weighted by atomic mass is 9.96. The smallest absolute Gasteiger partial charge is 0.239 e. The van der Waals surface area contributed by atoms with Gasteiger partial charge < -0.3 is 15.8 Å². The maximum absolute atomic E-state index is 11.8. The number of hydrogen-bond acceptors (Lipinski definition) is 3. The van der Waals surface area contributed by atoms with Crippen molar-refractivity contribution < 1.29 is 9.53 Å². The third-order valence-electron chi connectivity index (χ3n) is 3.80. The van der Waals surface area contributed by atoms with E-state index in [0.717, 1.165) is 25.9 Å². The molecule has 0 radical (unpaired) electrons. The number of halogens is 1. The molecule has 0 spiro atoms. The van der Waals surface area contributed by atoms with E-state index in [1.54, 1.807) is 6.92 Å². The third-order valence-corrected chi connectivity index (χ3v) is 3.80. The van der Waals surface area contributed by atoms with E-state index >= 15 is 0 Å². The molecule has 1 saturated carbocycles. The van der Waals surface area contributed by atoms with Crippen molar-refractivity contribution in [2.75, 3.05) is 13.2 Å². The second-order valence-electron chi connectivity index (χ2n) is 5.91. The lowest BCUT2D eigenvalue weighted by Crippen LogP contribution is -2.51. The minimum Gasteiger partial charge on any atom is -0.378 e. The molecular weight excluding hydrogens is 276 g/mol. The monoisotopic (exact) mass is 306 g/mol. The van der Waals surface area contributed by atoms with Gasteiger partial charge in [-0.15, -0.1) is 12.4 Å². The molecule has 0 aromatic carbocycles. The molecule has 0 saturated heterocycles. The van der Waals surface area contributed by atoms with Crippen LogP contribution in [0, 0.1) is 0 Å². The van der Waals surface area contributed by atoms with Crippen LogP contribution in [0.25, 0.3) is 0 Å². The van der Waals surface area contributed by atoms with E-state index in [2.05, 4.69) is 5.32 Å². The molecule has 1 unspecified atom stereocenters. The van der Waals surface area contributed by atoms with Crippen LogP contribution in [0.4, 0.5) is 0 Å². The third kappa shape index (κ3) is 7.46. The Hall–Kier alpha value is -0.320. The maximum Gasteiger partial charge on any atom is 0.239 e. The van der Waals surface area contributed by atoms with Gasteiger partial charge in [0.2, 0.25) is 5.91 Å². The molecule has 1 aliphatic rings. The molecule has 0 heterocycles. The lowest BCUT2D eigenvalue weighted by molar-refractivity contribution is -0.126. The molecule has 0 aliphatic heterocycles. The van der Waals surface area contributed by atoms with Crippen LogP contribution in [0.5, 0.6) is 0 Å². The number of ether oxygens (including phenoxy) is 1. The minimum absolute atomic E-state index is 0. The Kier molecular flexibility index (Phi) is 10.2. The van der Waals surface area contributed by atoms with Crippen molar-refractivity contribution in [2.24, 2.45) is 5.73 Å². The van der Waals surface area contributed by atoms with Gasteiger partial charge in [-0.1, -0.05) is 32.6 Å². The van der Waals surface area contributed by atoms with E-state index in [0.29, 0.717) is 12.6 Å². The van der Waals surface area contributed by atoms with Crippen molar-refractivity contribution in [1.82, 2.24) is 5.32 Å². The molecule has 1 fully saturated rings. The predicted octanol–water partition coefficient (Wildman–Crippen LogP) is 2.78. The molecule has 120 valence electrons. The fourth-order valence-electron chi connectivity index (χ4n) is 2.59. The summed E-state index contributed by atoms with van der Waals surface area (Å²) in [7, 11) is 0. The zero-order valence-electron chi connectivity index (χ0n) is 13.0. The normalized spacial score (nSPS) is 18.9. The SMILES string of the molecule is CCCC(C)(N)C(=O)NCCCOC1CCCCC1.Cl. The first-order valence-electron chi connectivity index (χ1n) is 7.75. The van der Waals surface area contributed by atoms with Gasteiger partial charge in [0, 0.05) is 13.2 Å². The Morgan fingerprint density at radius 3 is 2.60 bits per heavy atom. The standard InChI is InChI=1S/C15H30N2O2.ClH/c1-3-10-15(2,16)14(18)17-11-7-12-19-13-8-5-4-6-9-13;/h13H,3-12,16H2,1-2H3,(H,17,18);1H. The highest BCUT2D eigenvalue weighted by Gasteiger charge is 2.26. The number of hydrogen-bond donors (Lipinski definition) is 2. The molecule has 1 aliphatic carbocycles. The molecular formula is C15H31ClN2O2. The zero-order chi connectivity index (χ0) is 14.1. The van der Waals surface area contributed by atoms with Crippen LogP contribution in [-0.2, 0) is 9.53 Å². The number of carbonyl (C=O) groups is 1. The maximum atomic E-state index is 11.8. The van der Waals surface area contributed by atoms with Gasteiger partial charge in [0.15, 0.2) is 0 Å². The Labute approximate surface area is 129 Å². The molecule has 0 bridgehead atoms. The highest BCUT2D eigenvalue weighted by molar-refractivity contribution is 5.85. The average molecular weight is 307 g/mol. The second-order valence-corrected chi connectivity index (χ2v) is 5.91.